The zero-order chi connectivity index (χ0) is 18.8. The number of piperidine rings is 1. The molecule has 2 rings (SSSR count). The summed E-state index contributed by atoms with van der Waals surface area (Å²) in [5, 5.41) is 13.8. The SMILES string of the molecule is CS(=O)(=O)c1cc([N+](=O)[O-])ccc1NC1CCN(CC(F)(F)F)CC1. The molecule has 0 saturated carbocycles. The van der Waals surface area contributed by atoms with Gasteiger partial charge in [0.2, 0.25) is 0 Å². The summed E-state index contributed by atoms with van der Waals surface area (Å²) in [4.78, 5) is 11.2. The van der Waals surface area contributed by atoms with Crippen molar-refractivity contribution in [2.75, 3.05) is 31.2 Å². The van der Waals surface area contributed by atoms with Crippen LogP contribution >= 0.6 is 0 Å². The van der Waals surface area contributed by atoms with Crippen LogP contribution in [0.1, 0.15) is 12.8 Å². The third-order valence-corrected chi connectivity index (χ3v) is 5.06. The molecule has 140 valence electrons. The van der Waals surface area contributed by atoms with Crippen molar-refractivity contribution < 1.29 is 26.5 Å². The minimum Gasteiger partial charge on any atom is -0.381 e. The predicted molar refractivity (Wildman–Crippen MR) is 85.3 cm³/mol. The smallest absolute Gasteiger partial charge is 0.381 e. The van der Waals surface area contributed by atoms with E-state index >= 15 is 0 Å². The van der Waals surface area contributed by atoms with E-state index in [0.29, 0.717) is 12.8 Å². The summed E-state index contributed by atoms with van der Waals surface area (Å²) in [6, 6.07) is 3.29. The van der Waals surface area contributed by atoms with Crippen LogP contribution in [0.2, 0.25) is 0 Å². The van der Waals surface area contributed by atoms with Crippen molar-refractivity contribution in [3.8, 4) is 0 Å². The molecule has 1 saturated heterocycles. The minimum absolute atomic E-state index is 0.195. The predicted octanol–water partition coefficient (Wildman–Crippen LogP) is 2.44. The van der Waals surface area contributed by atoms with Gasteiger partial charge in [-0.15, -0.1) is 0 Å². The Bertz CT molecular complexity index is 744. The first-order valence-electron chi connectivity index (χ1n) is 7.50. The fraction of sp³-hybridized carbons (Fsp3) is 0.571. The molecule has 1 heterocycles. The Kier molecular flexibility index (Phi) is 5.57. The second-order valence-electron chi connectivity index (χ2n) is 6.02. The Morgan fingerprint density at radius 2 is 1.92 bits per heavy atom. The number of sulfone groups is 1. The van der Waals surface area contributed by atoms with Gasteiger partial charge in [0, 0.05) is 37.5 Å². The molecule has 1 N–H and O–H groups in total. The van der Waals surface area contributed by atoms with Gasteiger partial charge in [0.05, 0.1) is 22.1 Å². The number of likely N-dealkylation sites (tertiary alicyclic amines) is 1. The molecule has 0 amide bonds. The van der Waals surface area contributed by atoms with E-state index in [9.17, 15) is 31.7 Å². The fourth-order valence-electron chi connectivity index (χ4n) is 2.76. The quantitative estimate of drug-likeness (QED) is 0.622. The van der Waals surface area contributed by atoms with Crippen molar-refractivity contribution in [2.24, 2.45) is 0 Å². The van der Waals surface area contributed by atoms with Crippen LogP contribution < -0.4 is 5.32 Å². The van der Waals surface area contributed by atoms with Crippen LogP contribution in [-0.4, -0.2) is 56.3 Å². The number of nitro groups is 1. The maximum Gasteiger partial charge on any atom is 0.401 e. The molecule has 25 heavy (non-hydrogen) atoms. The molecule has 0 unspecified atom stereocenters. The van der Waals surface area contributed by atoms with Crippen LogP contribution in [0.4, 0.5) is 24.5 Å². The van der Waals surface area contributed by atoms with E-state index in [1.807, 2.05) is 0 Å². The first kappa shape index (κ1) is 19.4. The Hall–Kier alpha value is -1.88. The highest BCUT2D eigenvalue weighted by Crippen LogP contribution is 2.29. The number of halogens is 3. The number of nitro benzene ring substituents is 1. The lowest BCUT2D eigenvalue weighted by Crippen LogP contribution is -2.43. The number of hydrogen-bond donors (Lipinski definition) is 1. The van der Waals surface area contributed by atoms with Gasteiger partial charge in [-0.25, -0.2) is 8.42 Å². The normalized spacial score (nSPS) is 17.4. The van der Waals surface area contributed by atoms with E-state index in [4.69, 9.17) is 0 Å². The van der Waals surface area contributed by atoms with Gasteiger partial charge in [0.1, 0.15) is 0 Å². The molecule has 1 aliphatic rings. The number of non-ortho nitro benzene ring substituents is 1. The van der Waals surface area contributed by atoms with Gasteiger partial charge >= 0.3 is 6.18 Å². The third kappa shape index (κ3) is 5.56. The Morgan fingerprint density at radius 1 is 1.32 bits per heavy atom. The molecule has 0 aliphatic carbocycles. The minimum atomic E-state index is -4.25. The Morgan fingerprint density at radius 3 is 2.40 bits per heavy atom. The summed E-state index contributed by atoms with van der Waals surface area (Å²) in [6.07, 6.45) is -2.47. The highest BCUT2D eigenvalue weighted by Gasteiger charge is 2.32. The number of rotatable bonds is 5. The number of benzene rings is 1. The van der Waals surface area contributed by atoms with Crippen molar-refractivity contribution in [1.82, 2.24) is 4.90 Å². The second-order valence-corrected chi connectivity index (χ2v) is 8.00. The molecule has 0 bridgehead atoms. The maximum absolute atomic E-state index is 12.4. The molecule has 0 spiro atoms. The average molecular weight is 381 g/mol. The van der Waals surface area contributed by atoms with Crippen molar-refractivity contribution in [3.05, 3.63) is 28.3 Å². The highest BCUT2D eigenvalue weighted by molar-refractivity contribution is 7.90. The van der Waals surface area contributed by atoms with Gasteiger partial charge in [0.25, 0.3) is 5.69 Å². The van der Waals surface area contributed by atoms with E-state index in [-0.39, 0.29) is 35.4 Å². The molecular weight excluding hydrogens is 363 g/mol. The molecule has 1 aromatic carbocycles. The van der Waals surface area contributed by atoms with Crippen molar-refractivity contribution in [2.45, 2.75) is 30.0 Å². The number of anilines is 1. The van der Waals surface area contributed by atoms with Crippen LogP contribution in [0.5, 0.6) is 0 Å². The van der Waals surface area contributed by atoms with E-state index < -0.39 is 27.5 Å². The Labute approximate surface area is 142 Å². The first-order valence-corrected chi connectivity index (χ1v) is 9.39. The maximum atomic E-state index is 12.4. The number of alkyl halides is 3. The van der Waals surface area contributed by atoms with E-state index in [1.165, 1.54) is 17.0 Å². The molecule has 7 nitrogen and oxygen atoms in total. The number of nitrogens with one attached hydrogen (secondary N) is 1. The zero-order valence-electron chi connectivity index (χ0n) is 13.4. The van der Waals surface area contributed by atoms with Crippen LogP contribution in [0.15, 0.2) is 23.1 Å². The summed E-state index contributed by atoms with van der Waals surface area (Å²) in [6.45, 7) is -0.497. The van der Waals surface area contributed by atoms with Gasteiger partial charge in [-0.1, -0.05) is 0 Å². The fourth-order valence-corrected chi connectivity index (χ4v) is 3.62. The highest BCUT2D eigenvalue weighted by atomic mass is 32.2. The molecule has 1 fully saturated rings. The van der Waals surface area contributed by atoms with Gasteiger partial charge in [-0.3, -0.25) is 15.0 Å². The van der Waals surface area contributed by atoms with Crippen molar-refractivity contribution in [3.63, 3.8) is 0 Å². The molecular formula is C14H18F3N3O4S. The van der Waals surface area contributed by atoms with Crippen LogP contribution in [-0.2, 0) is 9.84 Å². The first-order chi connectivity index (χ1) is 11.5. The average Bonchev–Trinajstić information content (AvgIpc) is 2.47. The molecule has 0 atom stereocenters. The zero-order valence-corrected chi connectivity index (χ0v) is 14.2. The topological polar surface area (TPSA) is 92.5 Å². The molecule has 11 heteroatoms. The van der Waals surface area contributed by atoms with Crippen LogP contribution in [0.25, 0.3) is 0 Å². The van der Waals surface area contributed by atoms with Gasteiger partial charge < -0.3 is 5.32 Å². The standard InChI is InChI=1S/C14H18F3N3O4S/c1-25(23,24)13-8-11(20(21)22)2-3-12(13)18-10-4-6-19(7-5-10)9-14(15,16)17/h2-3,8,10,18H,4-7,9H2,1H3. The Balaban J connectivity index is 2.10. The number of hydrogen-bond acceptors (Lipinski definition) is 6. The third-order valence-electron chi connectivity index (χ3n) is 3.93. The molecule has 0 aromatic heterocycles. The van der Waals surface area contributed by atoms with Crippen LogP contribution in [0, 0.1) is 10.1 Å². The summed E-state index contributed by atoms with van der Waals surface area (Å²) in [5.74, 6) is 0. The lowest BCUT2D eigenvalue weighted by Gasteiger charge is -2.33. The molecule has 1 aromatic rings. The van der Waals surface area contributed by atoms with E-state index in [0.717, 1.165) is 12.3 Å². The molecule has 1 aliphatic heterocycles. The van der Waals surface area contributed by atoms with Gasteiger partial charge in [-0.2, -0.15) is 13.2 Å². The van der Waals surface area contributed by atoms with Crippen molar-refractivity contribution >= 4 is 21.2 Å². The summed E-state index contributed by atoms with van der Waals surface area (Å²) in [7, 11) is -3.70. The molecule has 0 radical (unpaired) electrons. The summed E-state index contributed by atoms with van der Waals surface area (Å²) < 4.78 is 60.9. The van der Waals surface area contributed by atoms with E-state index in [2.05, 4.69) is 5.32 Å². The number of nitrogens with zero attached hydrogens (tertiary/aromatic N) is 2. The lowest BCUT2D eigenvalue weighted by atomic mass is 10.0. The largest absolute Gasteiger partial charge is 0.401 e. The van der Waals surface area contributed by atoms with Crippen molar-refractivity contribution in [1.29, 1.82) is 0 Å². The van der Waals surface area contributed by atoms with Gasteiger partial charge in [0.15, 0.2) is 9.84 Å². The lowest BCUT2D eigenvalue weighted by molar-refractivity contribution is -0.385. The van der Waals surface area contributed by atoms with Crippen LogP contribution in [0.3, 0.4) is 0 Å². The monoisotopic (exact) mass is 381 g/mol. The van der Waals surface area contributed by atoms with Gasteiger partial charge in [-0.05, 0) is 18.9 Å². The van der Waals surface area contributed by atoms with E-state index in [1.54, 1.807) is 0 Å². The summed E-state index contributed by atoms with van der Waals surface area (Å²) >= 11 is 0. The second kappa shape index (κ2) is 7.16. The summed E-state index contributed by atoms with van der Waals surface area (Å²) in [5.41, 5.74) is -0.117.